The standard InChI is InChI=1S/C66H129NO5/c1-3-5-7-9-11-13-15-17-19-20-21-22-23-24-25-28-31-34-38-42-46-50-54-58-64(69)63(62-68)67-65(70)59-55-51-47-43-39-35-32-29-26-27-30-33-37-41-45-49-53-57-61-72-66(71)60-56-52-48-44-40-36-18-16-14-12-10-8-6-4-2/h16,18,63-64,68-69H,3-15,17,19-62H2,1-2H3,(H,67,70)/b18-16-. The van der Waals surface area contributed by atoms with Crippen molar-refractivity contribution in [2.24, 2.45) is 0 Å². The minimum absolute atomic E-state index is 0.0000197. The number of hydrogen-bond donors (Lipinski definition) is 3. The Bertz CT molecular complexity index is 1080. The fraction of sp³-hybridized carbons (Fsp3) is 0.939. The van der Waals surface area contributed by atoms with Gasteiger partial charge < -0.3 is 20.3 Å². The van der Waals surface area contributed by atoms with E-state index in [1.165, 1.54) is 295 Å². The molecule has 0 radical (unpaired) electrons. The first-order valence-electron chi connectivity index (χ1n) is 32.9. The maximum atomic E-state index is 12.5. The summed E-state index contributed by atoms with van der Waals surface area (Å²) in [6.07, 6.45) is 75.1. The maximum absolute atomic E-state index is 12.5. The van der Waals surface area contributed by atoms with Crippen LogP contribution in [0.2, 0.25) is 0 Å². The number of esters is 1. The van der Waals surface area contributed by atoms with Crippen LogP contribution in [0, 0.1) is 0 Å². The van der Waals surface area contributed by atoms with Crippen molar-refractivity contribution in [1.82, 2.24) is 5.32 Å². The molecule has 0 bridgehead atoms. The highest BCUT2D eigenvalue weighted by Crippen LogP contribution is 2.19. The summed E-state index contributed by atoms with van der Waals surface area (Å²) in [5.41, 5.74) is 0. The van der Waals surface area contributed by atoms with Crippen LogP contribution in [0.5, 0.6) is 0 Å². The Labute approximate surface area is 450 Å². The van der Waals surface area contributed by atoms with Gasteiger partial charge in [-0.1, -0.05) is 321 Å². The van der Waals surface area contributed by atoms with Crippen molar-refractivity contribution in [2.75, 3.05) is 13.2 Å². The van der Waals surface area contributed by atoms with E-state index >= 15 is 0 Å². The van der Waals surface area contributed by atoms with Crippen molar-refractivity contribution in [2.45, 2.75) is 386 Å². The smallest absolute Gasteiger partial charge is 0.305 e. The van der Waals surface area contributed by atoms with Gasteiger partial charge in [0.05, 0.1) is 25.4 Å². The van der Waals surface area contributed by atoms with Gasteiger partial charge in [0.2, 0.25) is 5.91 Å². The Balaban J connectivity index is 3.40. The number of carbonyl (C=O) groups excluding carboxylic acids is 2. The normalized spacial score (nSPS) is 12.6. The minimum Gasteiger partial charge on any atom is -0.466 e. The minimum atomic E-state index is -0.668. The number of aliphatic hydroxyl groups excluding tert-OH is 2. The van der Waals surface area contributed by atoms with E-state index in [2.05, 4.69) is 31.3 Å². The number of rotatable bonds is 62. The summed E-state index contributed by atoms with van der Waals surface area (Å²) in [5, 5.41) is 23.4. The highest BCUT2D eigenvalue weighted by atomic mass is 16.5. The fourth-order valence-electron chi connectivity index (χ4n) is 10.5. The second-order valence-corrected chi connectivity index (χ2v) is 22.8. The fourth-order valence-corrected chi connectivity index (χ4v) is 10.5. The monoisotopic (exact) mass is 1020 g/mol. The molecule has 0 fully saturated rings. The Kier molecular flexibility index (Phi) is 60.9. The summed E-state index contributed by atoms with van der Waals surface area (Å²) in [4.78, 5) is 24.6. The Hall–Kier alpha value is -1.40. The van der Waals surface area contributed by atoms with E-state index in [1.54, 1.807) is 0 Å². The molecule has 6 heteroatoms. The molecule has 0 aromatic carbocycles. The predicted octanol–water partition coefficient (Wildman–Crippen LogP) is 20.8. The first-order valence-corrected chi connectivity index (χ1v) is 32.9. The van der Waals surface area contributed by atoms with Gasteiger partial charge in [0, 0.05) is 12.8 Å². The summed E-state index contributed by atoms with van der Waals surface area (Å²) in [5.74, 6) is -0.0345. The molecular weight excluding hydrogens is 887 g/mol. The number of allylic oxidation sites excluding steroid dienone is 2. The van der Waals surface area contributed by atoms with E-state index < -0.39 is 12.1 Å². The average Bonchev–Trinajstić information content (AvgIpc) is 3.38. The SMILES string of the molecule is CCCCCCC/C=C\CCCCCCCC(=O)OCCCCCCCCCCCCCCCCCCCCC(=O)NC(CO)C(O)CCCCCCCCCCCCCCCCCCCCCCCCC. The number of nitrogens with one attached hydrogen (secondary N) is 1. The lowest BCUT2D eigenvalue weighted by Crippen LogP contribution is -2.45. The highest BCUT2D eigenvalue weighted by Gasteiger charge is 2.20. The van der Waals surface area contributed by atoms with Gasteiger partial charge in [0.25, 0.3) is 0 Å². The molecule has 0 rings (SSSR count). The van der Waals surface area contributed by atoms with Crippen LogP contribution in [-0.4, -0.2) is 47.4 Å². The van der Waals surface area contributed by atoms with E-state index in [9.17, 15) is 19.8 Å². The highest BCUT2D eigenvalue weighted by molar-refractivity contribution is 5.76. The van der Waals surface area contributed by atoms with Crippen molar-refractivity contribution in [1.29, 1.82) is 0 Å². The van der Waals surface area contributed by atoms with Crippen LogP contribution in [-0.2, 0) is 14.3 Å². The summed E-state index contributed by atoms with van der Waals surface area (Å²) < 4.78 is 5.48. The Morgan fingerprint density at radius 1 is 0.375 bits per heavy atom. The third-order valence-corrected chi connectivity index (χ3v) is 15.6. The van der Waals surface area contributed by atoms with Crippen LogP contribution >= 0.6 is 0 Å². The van der Waals surface area contributed by atoms with Crippen molar-refractivity contribution in [3.05, 3.63) is 12.2 Å². The largest absolute Gasteiger partial charge is 0.466 e. The van der Waals surface area contributed by atoms with Crippen molar-refractivity contribution < 1.29 is 24.5 Å². The van der Waals surface area contributed by atoms with E-state index in [4.69, 9.17) is 4.74 Å². The van der Waals surface area contributed by atoms with Crippen molar-refractivity contribution >= 4 is 11.9 Å². The van der Waals surface area contributed by atoms with Crippen LogP contribution in [0.3, 0.4) is 0 Å². The van der Waals surface area contributed by atoms with Crippen LogP contribution < -0.4 is 5.32 Å². The lowest BCUT2D eigenvalue weighted by molar-refractivity contribution is -0.143. The summed E-state index contributed by atoms with van der Waals surface area (Å²) >= 11 is 0. The van der Waals surface area contributed by atoms with Gasteiger partial charge in [-0.25, -0.2) is 0 Å². The zero-order chi connectivity index (χ0) is 52.2. The van der Waals surface area contributed by atoms with Crippen LogP contribution in [0.15, 0.2) is 12.2 Å². The van der Waals surface area contributed by atoms with E-state index in [0.717, 1.165) is 44.9 Å². The van der Waals surface area contributed by atoms with Crippen LogP contribution in [0.25, 0.3) is 0 Å². The average molecular weight is 1020 g/mol. The van der Waals surface area contributed by atoms with Gasteiger partial charge in [-0.3, -0.25) is 9.59 Å². The van der Waals surface area contributed by atoms with Gasteiger partial charge in [0.15, 0.2) is 0 Å². The molecule has 0 aliphatic carbocycles. The Morgan fingerprint density at radius 2 is 0.653 bits per heavy atom. The van der Waals surface area contributed by atoms with Gasteiger partial charge in [-0.2, -0.15) is 0 Å². The van der Waals surface area contributed by atoms with E-state index in [0.29, 0.717) is 25.9 Å². The number of unbranched alkanes of at least 4 members (excludes halogenated alkanes) is 49. The number of ether oxygens (including phenoxy) is 1. The molecule has 0 saturated heterocycles. The third kappa shape index (κ3) is 57.9. The molecule has 428 valence electrons. The third-order valence-electron chi connectivity index (χ3n) is 15.6. The number of hydrogen-bond acceptors (Lipinski definition) is 5. The molecule has 1 amide bonds. The first-order chi connectivity index (χ1) is 35.5. The second-order valence-electron chi connectivity index (χ2n) is 22.8. The second kappa shape index (κ2) is 62.1. The lowest BCUT2D eigenvalue weighted by Gasteiger charge is -2.22. The molecule has 0 aliphatic heterocycles. The van der Waals surface area contributed by atoms with Crippen LogP contribution in [0.4, 0.5) is 0 Å². The molecule has 6 nitrogen and oxygen atoms in total. The zero-order valence-electron chi connectivity index (χ0n) is 48.9. The molecule has 2 atom stereocenters. The maximum Gasteiger partial charge on any atom is 0.305 e. The van der Waals surface area contributed by atoms with E-state index in [1.807, 2.05) is 0 Å². The van der Waals surface area contributed by atoms with Crippen LogP contribution in [0.1, 0.15) is 373 Å². The molecule has 3 N–H and O–H groups in total. The van der Waals surface area contributed by atoms with Gasteiger partial charge in [-0.15, -0.1) is 0 Å². The first kappa shape index (κ1) is 70.6. The van der Waals surface area contributed by atoms with Gasteiger partial charge in [-0.05, 0) is 51.4 Å². The molecule has 2 unspecified atom stereocenters. The lowest BCUT2D eigenvalue weighted by atomic mass is 10.0. The zero-order valence-corrected chi connectivity index (χ0v) is 48.9. The summed E-state index contributed by atoms with van der Waals surface area (Å²) in [7, 11) is 0. The quantitative estimate of drug-likeness (QED) is 0.0320. The summed E-state index contributed by atoms with van der Waals surface area (Å²) in [6, 6.07) is -0.545. The number of aliphatic hydroxyl groups is 2. The molecule has 0 heterocycles. The number of amides is 1. The molecule has 0 spiro atoms. The topological polar surface area (TPSA) is 95.9 Å². The molecule has 0 aliphatic rings. The van der Waals surface area contributed by atoms with Crippen molar-refractivity contribution in [3.8, 4) is 0 Å². The predicted molar refractivity (Wildman–Crippen MR) is 315 cm³/mol. The molecule has 0 aromatic rings. The van der Waals surface area contributed by atoms with Crippen molar-refractivity contribution in [3.63, 3.8) is 0 Å². The van der Waals surface area contributed by atoms with Gasteiger partial charge in [0.1, 0.15) is 0 Å². The van der Waals surface area contributed by atoms with E-state index in [-0.39, 0.29) is 18.5 Å². The number of carbonyl (C=O) groups is 2. The summed E-state index contributed by atoms with van der Waals surface area (Å²) in [6.45, 7) is 4.97. The Morgan fingerprint density at radius 3 is 0.986 bits per heavy atom. The molecular formula is C66H129NO5. The molecule has 0 aromatic heterocycles. The molecule has 0 saturated carbocycles. The molecule has 72 heavy (non-hydrogen) atoms. The van der Waals surface area contributed by atoms with Gasteiger partial charge >= 0.3 is 5.97 Å².